The van der Waals surface area contributed by atoms with Gasteiger partial charge in [0.2, 0.25) is 0 Å². The minimum atomic E-state index is 0.280. The number of hydrogen-bond acceptors (Lipinski definition) is 1. The third-order valence-electron chi connectivity index (χ3n) is 4.57. The van der Waals surface area contributed by atoms with Gasteiger partial charge < -0.3 is 10.5 Å². The lowest BCUT2D eigenvalue weighted by atomic mass is 9.68. The Morgan fingerprint density at radius 2 is 2.00 bits per heavy atom. The van der Waals surface area contributed by atoms with Crippen molar-refractivity contribution in [1.82, 2.24) is 0 Å². The SMILES string of the molecule is Cc1ccc([C@]2(CC[NH3+])CCO[C@H](C(C)C)C2)cc1. The Morgan fingerprint density at radius 1 is 1.32 bits per heavy atom. The van der Waals surface area contributed by atoms with Gasteiger partial charge in [-0.1, -0.05) is 43.7 Å². The van der Waals surface area contributed by atoms with Crippen molar-refractivity contribution in [3.05, 3.63) is 35.4 Å². The van der Waals surface area contributed by atoms with Crippen LogP contribution in [0.15, 0.2) is 24.3 Å². The Bertz CT molecular complexity index is 394. The van der Waals surface area contributed by atoms with Crippen molar-refractivity contribution < 1.29 is 10.5 Å². The van der Waals surface area contributed by atoms with Crippen molar-refractivity contribution in [3.63, 3.8) is 0 Å². The smallest absolute Gasteiger partial charge is 0.0748 e. The molecule has 106 valence electrons. The Hall–Kier alpha value is -0.860. The van der Waals surface area contributed by atoms with Crippen molar-refractivity contribution in [1.29, 1.82) is 0 Å². The zero-order chi connectivity index (χ0) is 13.9. The summed E-state index contributed by atoms with van der Waals surface area (Å²) in [6, 6.07) is 9.10. The molecule has 0 bridgehead atoms. The number of ether oxygens (including phenoxy) is 1. The molecular weight excluding hydrogens is 234 g/mol. The van der Waals surface area contributed by atoms with Crippen molar-refractivity contribution in [2.75, 3.05) is 13.2 Å². The highest BCUT2D eigenvalue weighted by Crippen LogP contribution is 2.41. The summed E-state index contributed by atoms with van der Waals surface area (Å²) in [5.41, 5.74) is 7.19. The van der Waals surface area contributed by atoms with Gasteiger partial charge >= 0.3 is 0 Å². The summed E-state index contributed by atoms with van der Waals surface area (Å²) >= 11 is 0. The highest BCUT2D eigenvalue weighted by molar-refractivity contribution is 5.29. The Kier molecular flexibility index (Phi) is 4.64. The number of rotatable bonds is 4. The number of benzene rings is 1. The van der Waals surface area contributed by atoms with Crippen LogP contribution in [0.1, 0.15) is 44.2 Å². The minimum Gasteiger partial charge on any atom is -0.378 e. The molecule has 2 rings (SSSR count). The predicted octanol–water partition coefficient (Wildman–Crippen LogP) is 2.70. The molecule has 2 nitrogen and oxygen atoms in total. The van der Waals surface area contributed by atoms with Crippen LogP contribution in [0.25, 0.3) is 0 Å². The predicted molar refractivity (Wildman–Crippen MR) is 79.0 cm³/mol. The summed E-state index contributed by atoms with van der Waals surface area (Å²) in [6.07, 6.45) is 3.84. The van der Waals surface area contributed by atoms with Gasteiger partial charge in [-0.05, 0) is 31.2 Å². The molecular formula is C17H28NO+. The van der Waals surface area contributed by atoms with E-state index in [0.717, 1.165) is 26.0 Å². The minimum absolute atomic E-state index is 0.280. The van der Waals surface area contributed by atoms with E-state index in [4.69, 9.17) is 4.74 Å². The molecule has 0 saturated carbocycles. The first-order chi connectivity index (χ1) is 9.07. The molecule has 0 spiro atoms. The second-order valence-electron chi connectivity index (χ2n) is 6.36. The molecule has 1 saturated heterocycles. The summed E-state index contributed by atoms with van der Waals surface area (Å²) in [6.45, 7) is 8.56. The third-order valence-corrected chi connectivity index (χ3v) is 4.57. The molecule has 1 aromatic rings. The second kappa shape index (κ2) is 6.06. The van der Waals surface area contributed by atoms with Gasteiger partial charge in [0.1, 0.15) is 0 Å². The van der Waals surface area contributed by atoms with Crippen LogP contribution in [-0.2, 0) is 10.2 Å². The largest absolute Gasteiger partial charge is 0.378 e. The van der Waals surface area contributed by atoms with Gasteiger partial charge in [-0.25, -0.2) is 0 Å². The second-order valence-corrected chi connectivity index (χ2v) is 6.36. The maximum absolute atomic E-state index is 5.97. The van der Waals surface area contributed by atoms with Crippen LogP contribution in [0.5, 0.6) is 0 Å². The van der Waals surface area contributed by atoms with Gasteiger partial charge in [0.05, 0.1) is 12.6 Å². The van der Waals surface area contributed by atoms with Gasteiger partial charge in [0, 0.05) is 18.4 Å². The van der Waals surface area contributed by atoms with Gasteiger partial charge in [-0.2, -0.15) is 0 Å². The number of aryl methyl sites for hydroxylation is 1. The topological polar surface area (TPSA) is 36.9 Å². The van der Waals surface area contributed by atoms with E-state index in [9.17, 15) is 0 Å². The van der Waals surface area contributed by atoms with Crippen molar-refractivity contribution >= 4 is 0 Å². The quantitative estimate of drug-likeness (QED) is 0.890. The van der Waals surface area contributed by atoms with Crippen molar-refractivity contribution in [3.8, 4) is 0 Å². The van der Waals surface area contributed by atoms with E-state index in [1.54, 1.807) is 0 Å². The molecule has 1 aliphatic heterocycles. The normalized spacial score (nSPS) is 27.7. The van der Waals surface area contributed by atoms with Gasteiger partial charge in [0.25, 0.3) is 0 Å². The summed E-state index contributed by atoms with van der Waals surface area (Å²) in [5.74, 6) is 0.593. The first-order valence-corrected chi connectivity index (χ1v) is 7.55. The Morgan fingerprint density at radius 3 is 2.58 bits per heavy atom. The fraction of sp³-hybridized carbons (Fsp3) is 0.647. The lowest BCUT2D eigenvalue weighted by Gasteiger charge is -2.42. The molecule has 1 fully saturated rings. The van der Waals surface area contributed by atoms with E-state index in [1.807, 2.05) is 0 Å². The van der Waals surface area contributed by atoms with E-state index in [0.29, 0.717) is 12.0 Å². The molecule has 1 aromatic carbocycles. The molecule has 0 radical (unpaired) electrons. The van der Waals surface area contributed by atoms with E-state index in [-0.39, 0.29) is 5.41 Å². The lowest BCUT2D eigenvalue weighted by molar-refractivity contribution is -0.371. The molecule has 2 atom stereocenters. The van der Waals surface area contributed by atoms with Crippen LogP contribution >= 0.6 is 0 Å². The standard InChI is InChI=1S/C17H27NO/c1-13(2)16-12-17(8-10-18,9-11-19-16)15-6-4-14(3)5-7-15/h4-7,13,16H,8-12,18H2,1-3H3/p+1/t16-,17+/m0/s1. The van der Waals surface area contributed by atoms with Gasteiger partial charge in [-0.15, -0.1) is 0 Å². The zero-order valence-electron chi connectivity index (χ0n) is 12.6. The third kappa shape index (κ3) is 3.18. The molecule has 2 heteroatoms. The number of hydrogen-bond donors (Lipinski definition) is 1. The lowest BCUT2D eigenvalue weighted by Crippen LogP contribution is -2.54. The maximum atomic E-state index is 5.97. The molecule has 0 unspecified atom stereocenters. The van der Waals surface area contributed by atoms with Gasteiger partial charge in [0.15, 0.2) is 0 Å². The Labute approximate surface area is 117 Å². The maximum Gasteiger partial charge on any atom is 0.0748 e. The molecule has 3 N–H and O–H groups in total. The molecule has 1 aliphatic rings. The van der Waals surface area contributed by atoms with E-state index >= 15 is 0 Å². The van der Waals surface area contributed by atoms with Crippen LogP contribution < -0.4 is 5.73 Å². The molecule has 0 aliphatic carbocycles. The average Bonchev–Trinajstić information content (AvgIpc) is 2.40. The molecule has 0 aromatic heterocycles. The molecule has 0 amide bonds. The van der Waals surface area contributed by atoms with Crippen LogP contribution in [0.2, 0.25) is 0 Å². The van der Waals surface area contributed by atoms with Crippen LogP contribution in [0.3, 0.4) is 0 Å². The van der Waals surface area contributed by atoms with Crippen molar-refractivity contribution in [2.45, 2.75) is 51.6 Å². The summed E-state index contributed by atoms with van der Waals surface area (Å²) in [5, 5.41) is 0. The zero-order valence-corrected chi connectivity index (χ0v) is 12.6. The van der Waals surface area contributed by atoms with E-state index in [2.05, 4.69) is 50.8 Å². The van der Waals surface area contributed by atoms with E-state index in [1.165, 1.54) is 17.5 Å². The first kappa shape index (κ1) is 14.5. The number of quaternary nitrogens is 1. The van der Waals surface area contributed by atoms with E-state index < -0.39 is 0 Å². The van der Waals surface area contributed by atoms with Crippen LogP contribution in [0, 0.1) is 12.8 Å². The first-order valence-electron chi connectivity index (χ1n) is 7.55. The van der Waals surface area contributed by atoms with Crippen LogP contribution in [-0.4, -0.2) is 19.3 Å². The fourth-order valence-electron chi connectivity index (χ4n) is 3.26. The Balaban J connectivity index is 2.28. The monoisotopic (exact) mass is 262 g/mol. The van der Waals surface area contributed by atoms with Crippen LogP contribution in [0.4, 0.5) is 0 Å². The summed E-state index contributed by atoms with van der Waals surface area (Å²) < 4.78 is 5.97. The summed E-state index contributed by atoms with van der Waals surface area (Å²) in [7, 11) is 0. The highest BCUT2D eigenvalue weighted by atomic mass is 16.5. The van der Waals surface area contributed by atoms with Crippen molar-refractivity contribution in [2.24, 2.45) is 5.92 Å². The fourth-order valence-corrected chi connectivity index (χ4v) is 3.26. The molecule has 19 heavy (non-hydrogen) atoms. The highest BCUT2D eigenvalue weighted by Gasteiger charge is 2.39. The average molecular weight is 262 g/mol. The summed E-state index contributed by atoms with van der Waals surface area (Å²) in [4.78, 5) is 0. The molecule has 1 heterocycles. The van der Waals surface area contributed by atoms with Gasteiger partial charge in [-0.3, -0.25) is 0 Å².